The molecule has 1 saturated heterocycles. The third-order valence-corrected chi connectivity index (χ3v) is 3.11. The largest absolute Gasteiger partial charge is 0.332 e. The van der Waals surface area contributed by atoms with E-state index in [1.165, 1.54) is 5.56 Å². The molecule has 1 aromatic rings. The van der Waals surface area contributed by atoms with Crippen molar-refractivity contribution in [1.82, 2.24) is 4.90 Å². The minimum Gasteiger partial charge on any atom is -0.332 e. The predicted octanol–water partition coefficient (Wildman–Crippen LogP) is 2.61. The first-order valence-corrected chi connectivity index (χ1v) is 5.50. The lowest BCUT2D eigenvalue weighted by atomic mass is 9.83. The quantitative estimate of drug-likeness (QED) is 0.677. The van der Waals surface area contributed by atoms with E-state index in [0.29, 0.717) is 6.04 Å². The summed E-state index contributed by atoms with van der Waals surface area (Å²) in [5.41, 5.74) is 1.25. The monoisotopic (exact) mass is 203 g/mol. The van der Waals surface area contributed by atoms with Crippen molar-refractivity contribution in [3.63, 3.8) is 0 Å². The van der Waals surface area contributed by atoms with Crippen LogP contribution in [0.2, 0.25) is 0 Å². The maximum atomic E-state index is 11.7. The van der Waals surface area contributed by atoms with Crippen LogP contribution >= 0.6 is 0 Å². The minimum absolute atomic E-state index is 0.134. The summed E-state index contributed by atoms with van der Waals surface area (Å²) in [6.07, 6.45) is 0. The molecule has 0 aliphatic carbocycles. The molecule has 1 aliphatic heterocycles. The van der Waals surface area contributed by atoms with Gasteiger partial charge in [-0.15, -0.1) is 0 Å². The molecule has 0 saturated carbocycles. The van der Waals surface area contributed by atoms with E-state index in [1.807, 2.05) is 30.0 Å². The third kappa shape index (κ3) is 1.54. The number of likely N-dealkylation sites (tertiary alicyclic amines) is 1. The maximum Gasteiger partial charge on any atom is 0.228 e. The van der Waals surface area contributed by atoms with Gasteiger partial charge in [-0.05, 0) is 19.4 Å². The van der Waals surface area contributed by atoms with Crippen LogP contribution in [0.4, 0.5) is 0 Å². The van der Waals surface area contributed by atoms with Gasteiger partial charge in [0, 0.05) is 6.04 Å². The summed E-state index contributed by atoms with van der Waals surface area (Å²) in [5, 5.41) is 0. The maximum absolute atomic E-state index is 11.7. The lowest BCUT2D eigenvalue weighted by molar-refractivity contribution is -0.158. The van der Waals surface area contributed by atoms with Crippen molar-refractivity contribution in [1.29, 1.82) is 0 Å². The average Bonchev–Trinajstić information content (AvgIpc) is 2.25. The highest BCUT2D eigenvalue weighted by Crippen LogP contribution is 2.40. The van der Waals surface area contributed by atoms with Crippen LogP contribution in [0, 0.1) is 5.92 Å². The molecule has 15 heavy (non-hydrogen) atoms. The number of carbonyl (C=O) groups excluding carboxylic acids is 1. The molecule has 2 nitrogen and oxygen atoms in total. The molecule has 0 bridgehead atoms. The number of carbonyl (C=O) groups is 1. The lowest BCUT2D eigenvalue weighted by Gasteiger charge is -2.48. The Morgan fingerprint density at radius 3 is 2.33 bits per heavy atom. The Hall–Kier alpha value is -1.31. The Balaban J connectivity index is 2.26. The van der Waals surface area contributed by atoms with E-state index in [2.05, 4.69) is 26.0 Å². The standard InChI is InChI=1S/C13H17NO/c1-9(2)14-12(10(3)13(14)15)11-7-5-4-6-8-11/h4-10,12H,1-3H3/t10-,12-/m1/s1. The summed E-state index contributed by atoms with van der Waals surface area (Å²) in [5.74, 6) is 0.411. The van der Waals surface area contributed by atoms with E-state index in [0.717, 1.165) is 0 Å². The summed E-state index contributed by atoms with van der Waals surface area (Å²) in [6, 6.07) is 10.8. The van der Waals surface area contributed by atoms with Gasteiger partial charge in [-0.2, -0.15) is 0 Å². The van der Waals surface area contributed by atoms with Crippen molar-refractivity contribution in [2.75, 3.05) is 0 Å². The molecule has 0 radical (unpaired) electrons. The molecule has 0 aromatic heterocycles. The van der Waals surface area contributed by atoms with Crippen LogP contribution in [0.3, 0.4) is 0 Å². The SMILES string of the molecule is CC(C)N1C(=O)[C@H](C)[C@@H]1c1ccccc1. The summed E-state index contributed by atoms with van der Waals surface area (Å²) in [7, 11) is 0. The van der Waals surface area contributed by atoms with E-state index >= 15 is 0 Å². The number of hydrogen-bond donors (Lipinski definition) is 0. The number of nitrogens with zero attached hydrogens (tertiary/aromatic N) is 1. The van der Waals surface area contributed by atoms with Gasteiger partial charge in [0.2, 0.25) is 5.91 Å². The van der Waals surface area contributed by atoms with Gasteiger partial charge in [-0.3, -0.25) is 4.79 Å². The molecule has 1 aliphatic rings. The van der Waals surface area contributed by atoms with Gasteiger partial charge >= 0.3 is 0 Å². The molecule has 1 heterocycles. The van der Waals surface area contributed by atoms with Crippen LogP contribution in [-0.4, -0.2) is 16.8 Å². The van der Waals surface area contributed by atoms with E-state index in [1.54, 1.807) is 0 Å². The lowest BCUT2D eigenvalue weighted by Crippen LogP contribution is -2.56. The smallest absolute Gasteiger partial charge is 0.228 e. The van der Waals surface area contributed by atoms with Crippen molar-refractivity contribution in [2.45, 2.75) is 32.9 Å². The van der Waals surface area contributed by atoms with Crippen molar-refractivity contribution in [3.8, 4) is 0 Å². The van der Waals surface area contributed by atoms with Crippen LogP contribution in [0.1, 0.15) is 32.4 Å². The summed E-state index contributed by atoms with van der Waals surface area (Å²) in [4.78, 5) is 13.7. The molecule has 1 fully saturated rings. The van der Waals surface area contributed by atoms with Crippen LogP contribution in [0.15, 0.2) is 30.3 Å². The van der Waals surface area contributed by atoms with Crippen molar-refractivity contribution in [3.05, 3.63) is 35.9 Å². The number of benzene rings is 1. The van der Waals surface area contributed by atoms with Crippen LogP contribution in [0.25, 0.3) is 0 Å². The second-order valence-electron chi connectivity index (χ2n) is 4.48. The summed E-state index contributed by atoms with van der Waals surface area (Å²) >= 11 is 0. The zero-order valence-corrected chi connectivity index (χ0v) is 9.47. The molecule has 1 aromatic carbocycles. The minimum atomic E-state index is 0.134. The molecular weight excluding hydrogens is 186 g/mol. The molecule has 1 amide bonds. The Kier molecular flexibility index (Phi) is 2.51. The highest BCUT2D eigenvalue weighted by Gasteiger charge is 2.45. The third-order valence-electron chi connectivity index (χ3n) is 3.11. The molecule has 2 atom stereocenters. The van der Waals surface area contributed by atoms with Crippen LogP contribution in [-0.2, 0) is 4.79 Å². The summed E-state index contributed by atoms with van der Waals surface area (Å²) < 4.78 is 0. The summed E-state index contributed by atoms with van der Waals surface area (Å²) in [6.45, 7) is 6.15. The van der Waals surface area contributed by atoms with Gasteiger partial charge in [0.15, 0.2) is 0 Å². The number of amides is 1. The molecule has 0 spiro atoms. The molecule has 2 heteroatoms. The Bertz CT molecular complexity index is 358. The van der Waals surface area contributed by atoms with Crippen molar-refractivity contribution >= 4 is 5.91 Å². The first kappa shape index (κ1) is 10.2. The normalized spacial score (nSPS) is 25.6. The van der Waals surface area contributed by atoms with Crippen LogP contribution in [0.5, 0.6) is 0 Å². The number of rotatable bonds is 2. The Morgan fingerprint density at radius 2 is 1.80 bits per heavy atom. The molecule has 0 unspecified atom stereocenters. The topological polar surface area (TPSA) is 20.3 Å². The first-order valence-electron chi connectivity index (χ1n) is 5.50. The fourth-order valence-corrected chi connectivity index (χ4v) is 2.34. The molecule has 2 rings (SSSR count). The fourth-order valence-electron chi connectivity index (χ4n) is 2.34. The van der Waals surface area contributed by atoms with Gasteiger partial charge in [0.1, 0.15) is 0 Å². The molecule has 80 valence electrons. The Labute approximate surface area is 90.9 Å². The van der Waals surface area contributed by atoms with E-state index in [9.17, 15) is 4.79 Å². The van der Waals surface area contributed by atoms with Gasteiger partial charge < -0.3 is 4.90 Å². The highest BCUT2D eigenvalue weighted by atomic mass is 16.2. The second-order valence-corrected chi connectivity index (χ2v) is 4.48. The van der Waals surface area contributed by atoms with Gasteiger partial charge in [0.05, 0.1) is 12.0 Å². The average molecular weight is 203 g/mol. The zero-order valence-electron chi connectivity index (χ0n) is 9.47. The van der Waals surface area contributed by atoms with Crippen molar-refractivity contribution in [2.24, 2.45) is 5.92 Å². The van der Waals surface area contributed by atoms with E-state index < -0.39 is 0 Å². The fraction of sp³-hybridized carbons (Fsp3) is 0.462. The number of hydrogen-bond acceptors (Lipinski definition) is 1. The zero-order chi connectivity index (χ0) is 11.0. The van der Waals surface area contributed by atoms with Crippen LogP contribution < -0.4 is 0 Å². The molecule has 0 N–H and O–H groups in total. The Morgan fingerprint density at radius 1 is 1.20 bits per heavy atom. The van der Waals surface area contributed by atoms with E-state index in [4.69, 9.17) is 0 Å². The van der Waals surface area contributed by atoms with E-state index in [-0.39, 0.29) is 17.9 Å². The van der Waals surface area contributed by atoms with Gasteiger partial charge in [-0.25, -0.2) is 0 Å². The van der Waals surface area contributed by atoms with Gasteiger partial charge in [-0.1, -0.05) is 37.3 Å². The van der Waals surface area contributed by atoms with Gasteiger partial charge in [0.25, 0.3) is 0 Å². The first-order chi connectivity index (χ1) is 7.13. The van der Waals surface area contributed by atoms with Crippen molar-refractivity contribution < 1.29 is 4.79 Å². The predicted molar refractivity (Wildman–Crippen MR) is 60.3 cm³/mol. The second kappa shape index (κ2) is 3.69. The number of β-lactam (4-membered cyclic amide) rings is 1. The highest BCUT2D eigenvalue weighted by molar-refractivity contribution is 5.86. The molecular formula is C13H17NO.